The normalized spacial score (nSPS) is 10.7. The molecule has 0 spiro atoms. The number of hydrogen-bond acceptors (Lipinski definition) is 2. The number of aromatic amines is 1. The number of fused-ring (bicyclic) bond motifs is 1. The van der Waals surface area contributed by atoms with Crippen molar-refractivity contribution in [2.45, 2.75) is 6.92 Å². The van der Waals surface area contributed by atoms with Crippen molar-refractivity contribution in [3.63, 3.8) is 0 Å². The highest BCUT2D eigenvalue weighted by Gasteiger charge is 2.01. The quantitative estimate of drug-likeness (QED) is 0.609. The second-order valence-corrected chi connectivity index (χ2v) is 2.75. The molecule has 2 aromatic rings. The Labute approximate surface area is 68.4 Å². The van der Waals surface area contributed by atoms with Crippen LogP contribution in [0.5, 0.6) is 0 Å². The SMILES string of the molecule is Cc1nc(Cl)cc2[nH]ncc12. The molecule has 3 nitrogen and oxygen atoms in total. The summed E-state index contributed by atoms with van der Waals surface area (Å²) in [5, 5.41) is 8.23. The Kier molecular flexibility index (Phi) is 1.32. The van der Waals surface area contributed by atoms with Crippen LogP contribution in [0.4, 0.5) is 0 Å². The van der Waals surface area contributed by atoms with E-state index in [4.69, 9.17) is 11.6 Å². The lowest BCUT2D eigenvalue weighted by molar-refractivity contribution is 1.12. The number of aryl methyl sites for hydroxylation is 1. The van der Waals surface area contributed by atoms with Gasteiger partial charge in [0, 0.05) is 11.5 Å². The van der Waals surface area contributed by atoms with E-state index in [0.717, 1.165) is 16.6 Å². The summed E-state index contributed by atoms with van der Waals surface area (Å²) in [4.78, 5) is 4.08. The van der Waals surface area contributed by atoms with Crippen LogP contribution in [-0.2, 0) is 0 Å². The summed E-state index contributed by atoms with van der Waals surface area (Å²) in [6, 6.07) is 1.76. The van der Waals surface area contributed by atoms with Gasteiger partial charge in [-0.05, 0) is 6.92 Å². The number of halogens is 1. The molecule has 56 valence electrons. The van der Waals surface area contributed by atoms with Gasteiger partial charge in [0.2, 0.25) is 0 Å². The molecule has 0 radical (unpaired) electrons. The van der Waals surface area contributed by atoms with Crippen LogP contribution in [0.2, 0.25) is 5.15 Å². The Hall–Kier alpha value is -1.09. The van der Waals surface area contributed by atoms with E-state index in [9.17, 15) is 0 Å². The summed E-state index contributed by atoms with van der Waals surface area (Å²) >= 11 is 5.72. The van der Waals surface area contributed by atoms with Crippen LogP contribution < -0.4 is 0 Å². The summed E-state index contributed by atoms with van der Waals surface area (Å²) in [6.07, 6.45) is 1.74. The molecule has 0 saturated heterocycles. The van der Waals surface area contributed by atoms with Crippen LogP contribution in [0.1, 0.15) is 5.69 Å². The maximum atomic E-state index is 5.72. The van der Waals surface area contributed by atoms with E-state index in [1.807, 2.05) is 6.92 Å². The third-order valence-electron chi connectivity index (χ3n) is 1.60. The van der Waals surface area contributed by atoms with E-state index >= 15 is 0 Å². The largest absolute Gasteiger partial charge is 0.278 e. The minimum absolute atomic E-state index is 0.499. The smallest absolute Gasteiger partial charge is 0.131 e. The van der Waals surface area contributed by atoms with Gasteiger partial charge in [0.15, 0.2) is 0 Å². The molecule has 0 aliphatic carbocycles. The summed E-state index contributed by atoms with van der Waals surface area (Å²) in [7, 11) is 0. The van der Waals surface area contributed by atoms with Crippen molar-refractivity contribution in [3.8, 4) is 0 Å². The van der Waals surface area contributed by atoms with E-state index in [1.54, 1.807) is 12.3 Å². The molecular weight excluding hydrogens is 162 g/mol. The standard InChI is InChI=1S/C7H6ClN3/c1-4-5-3-9-11-6(5)2-7(8)10-4/h2-3H,1H3,(H,9,11). The van der Waals surface area contributed by atoms with Crippen molar-refractivity contribution >= 4 is 22.5 Å². The number of aromatic nitrogens is 3. The van der Waals surface area contributed by atoms with Gasteiger partial charge < -0.3 is 0 Å². The number of rotatable bonds is 0. The molecule has 2 aromatic heterocycles. The molecule has 11 heavy (non-hydrogen) atoms. The second-order valence-electron chi connectivity index (χ2n) is 2.36. The summed E-state index contributed by atoms with van der Waals surface area (Å²) in [6.45, 7) is 1.91. The highest BCUT2D eigenvalue weighted by atomic mass is 35.5. The van der Waals surface area contributed by atoms with Crippen molar-refractivity contribution in [2.75, 3.05) is 0 Å². The maximum Gasteiger partial charge on any atom is 0.131 e. The number of hydrogen-bond donors (Lipinski definition) is 1. The van der Waals surface area contributed by atoms with Gasteiger partial charge in [0.1, 0.15) is 5.15 Å². The van der Waals surface area contributed by atoms with Crippen molar-refractivity contribution in [2.24, 2.45) is 0 Å². The molecule has 0 fully saturated rings. The number of pyridine rings is 1. The van der Waals surface area contributed by atoms with Crippen LogP contribution in [0.15, 0.2) is 12.3 Å². The molecule has 0 amide bonds. The van der Waals surface area contributed by atoms with Gasteiger partial charge in [-0.3, -0.25) is 5.10 Å². The van der Waals surface area contributed by atoms with Crippen LogP contribution in [0.25, 0.3) is 10.9 Å². The van der Waals surface area contributed by atoms with Gasteiger partial charge in [0.25, 0.3) is 0 Å². The summed E-state index contributed by atoms with van der Waals surface area (Å²) in [5.74, 6) is 0. The highest BCUT2D eigenvalue weighted by molar-refractivity contribution is 6.30. The van der Waals surface area contributed by atoms with E-state index in [-0.39, 0.29) is 0 Å². The zero-order valence-corrected chi connectivity index (χ0v) is 6.68. The van der Waals surface area contributed by atoms with Gasteiger partial charge in [-0.15, -0.1) is 0 Å². The molecule has 0 aliphatic heterocycles. The van der Waals surface area contributed by atoms with Gasteiger partial charge in [0.05, 0.1) is 17.4 Å². The number of nitrogens with one attached hydrogen (secondary N) is 1. The van der Waals surface area contributed by atoms with Gasteiger partial charge in [-0.1, -0.05) is 11.6 Å². The molecule has 0 atom stereocenters. The monoisotopic (exact) mass is 167 g/mol. The molecule has 2 rings (SSSR count). The Morgan fingerprint density at radius 1 is 1.55 bits per heavy atom. The first kappa shape index (κ1) is 6.61. The topological polar surface area (TPSA) is 41.6 Å². The molecule has 0 aliphatic rings. The molecular formula is C7H6ClN3. The van der Waals surface area contributed by atoms with Crippen LogP contribution in [-0.4, -0.2) is 15.2 Å². The third kappa shape index (κ3) is 0.973. The molecule has 1 N–H and O–H groups in total. The Balaban J connectivity index is 2.91. The fourth-order valence-corrected chi connectivity index (χ4v) is 1.30. The number of H-pyrrole nitrogens is 1. The first-order chi connectivity index (χ1) is 5.27. The predicted octanol–water partition coefficient (Wildman–Crippen LogP) is 1.92. The lowest BCUT2D eigenvalue weighted by Crippen LogP contribution is -1.81. The average molecular weight is 168 g/mol. The van der Waals surface area contributed by atoms with Crippen molar-refractivity contribution in [1.82, 2.24) is 15.2 Å². The van der Waals surface area contributed by atoms with E-state index in [1.165, 1.54) is 0 Å². The Morgan fingerprint density at radius 2 is 2.36 bits per heavy atom. The average Bonchev–Trinajstić information content (AvgIpc) is 2.34. The highest BCUT2D eigenvalue weighted by Crippen LogP contribution is 2.17. The maximum absolute atomic E-state index is 5.72. The second kappa shape index (κ2) is 2.20. The van der Waals surface area contributed by atoms with E-state index in [0.29, 0.717) is 5.15 Å². The van der Waals surface area contributed by atoms with E-state index in [2.05, 4.69) is 15.2 Å². The first-order valence-corrected chi connectivity index (χ1v) is 3.61. The van der Waals surface area contributed by atoms with Gasteiger partial charge in [-0.2, -0.15) is 5.10 Å². The predicted molar refractivity (Wildman–Crippen MR) is 43.6 cm³/mol. The molecule has 0 saturated carbocycles. The van der Waals surface area contributed by atoms with E-state index < -0.39 is 0 Å². The molecule has 0 unspecified atom stereocenters. The molecule has 0 bridgehead atoms. The third-order valence-corrected chi connectivity index (χ3v) is 1.79. The summed E-state index contributed by atoms with van der Waals surface area (Å²) < 4.78 is 0. The molecule has 0 aromatic carbocycles. The molecule has 2 heterocycles. The number of nitrogens with zero attached hydrogens (tertiary/aromatic N) is 2. The van der Waals surface area contributed by atoms with Crippen molar-refractivity contribution in [3.05, 3.63) is 23.1 Å². The van der Waals surface area contributed by atoms with Crippen LogP contribution in [0.3, 0.4) is 0 Å². The zero-order valence-electron chi connectivity index (χ0n) is 5.93. The molecule has 4 heteroatoms. The van der Waals surface area contributed by atoms with Gasteiger partial charge >= 0.3 is 0 Å². The summed E-state index contributed by atoms with van der Waals surface area (Å²) in [5.41, 5.74) is 1.84. The fourth-order valence-electron chi connectivity index (χ4n) is 1.07. The van der Waals surface area contributed by atoms with Crippen molar-refractivity contribution < 1.29 is 0 Å². The van der Waals surface area contributed by atoms with Gasteiger partial charge in [-0.25, -0.2) is 4.98 Å². The van der Waals surface area contributed by atoms with Crippen LogP contribution in [0, 0.1) is 6.92 Å². The first-order valence-electron chi connectivity index (χ1n) is 3.23. The zero-order chi connectivity index (χ0) is 7.84. The Bertz CT molecular complexity index is 393. The fraction of sp³-hybridized carbons (Fsp3) is 0.143. The Morgan fingerprint density at radius 3 is 3.18 bits per heavy atom. The van der Waals surface area contributed by atoms with Crippen LogP contribution >= 0.6 is 11.6 Å². The minimum atomic E-state index is 0.499. The minimum Gasteiger partial charge on any atom is -0.278 e. The lowest BCUT2D eigenvalue weighted by atomic mass is 10.3. The van der Waals surface area contributed by atoms with Crippen molar-refractivity contribution in [1.29, 1.82) is 0 Å². The lowest BCUT2D eigenvalue weighted by Gasteiger charge is -1.93.